The lowest BCUT2D eigenvalue weighted by atomic mass is 10.1. The van der Waals surface area contributed by atoms with Crippen molar-refractivity contribution in [2.45, 2.75) is 31.8 Å². The lowest BCUT2D eigenvalue weighted by Gasteiger charge is -2.35. The van der Waals surface area contributed by atoms with Gasteiger partial charge in [-0.15, -0.1) is 0 Å². The molecule has 7 nitrogen and oxygen atoms in total. The molecule has 0 aromatic heterocycles. The van der Waals surface area contributed by atoms with Crippen molar-refractivity contribution < 1.29 is 24.5 Å². The van der Waals surface area contributed by atoms with E-state index in [4.69, 9.17) is 14.9 Å². The number of hydrogen-bond donors (Lipinski definition) is 3. The monoisotopic (exact) mass is 260 g/mol. The van der Waals surface area contributed by atoms with Crippen LogP contribution in [0.1, 0.15) is 19.8 Å². The summed E-state index contributed by atoms with van der Waals surface area (Å²) in [5, 5.41) is 20.5. The van der Waals surface area contributed by atoms with Crippen molar-refractivity contribution >= 4 is 12.0 Å². The van der Waals surface area contributed by atoms with Crippen LogP contribution in [-0.4, -0.2) is 65.6 Å². The molecule has 1 rings (SSSR count). The van der Waals surface area contributed by atoms with Gasteiger partial charge in [0.1, 0.15) is 0 Å². The zero-order valence-electron chi connectivity index (χ0n) is 10.5. The van der Waals surface area contributed by atoms with Gasteiger partial charge in [-0.1, -0.05) is 6.92 Å². The third-order valence-electron chi connectivity index (χ3n) is 2.94. The quantitative estimate of drug-likeness (QED) is 0.627. The zero-order chi connectivity index (χ0) is 13.5. The molecule has 2 atom stereocenters. The summed E-state index contributed by atoms with van der Waals surface area (Å²) in [5.41, 5.74) is 0. The second kappa shape index (κ2) is 7.17. The number of urea groups is 1. The molecule has 0 saturated carbocycles. The van der Waals surface area contributed by atoms with E-state index >= 15 is 0 Å². The molecule has 3 N–H and O–H groups in total. The van der Waals surface area contributed by atoms with Crippen LogP contribution in [0.25, 0.3) is 0 Å². The van der Waals surface area contributed by atoms with Gasteiger partial charge in [0, 0.05) is 12.6 Å². The van der Waals surface area contributed by atoms with Crippen LogP contribution >= 0.6 is 0 Å². The fraction of sp³-hybridized carbons (Fsp3) is 0.818. The Morgan fingerprint density at radius 3 is 2.83 bits per heavy atom. The Morgan fingerprint density at radius 1 is 1.56 bits per heavy atom. The van der Waals surface area contributed by atoms with Crippen molar-refractivity contribution in [2.75, 3.05) is 26.4 Å². The van der Waals surface area contributed by atoms with E-state index in [1.165, 1.54) is 4.90 Å². The van der Waals surface area contributed by atoms with Crippen LogP contribution in [0.4, 0.5) is 4.79 Å². The van der Waals surface area contributed by atoms with Gasteiger partial charge in [-0.3, -0.25) is 4.79 Å². The molecule has 104 valence electrons. The number of morpholine rings is 1. The molecular weight excluding hydrogens is 240 g/mol. The molecule has 1 aliphatic rings. The summed E-state index contributed by atoms with van der Waals surface area (Å²) >= 11 is 0. The van der Waals surface area contributed by atoms with Gasteiger partial charge in [0.05, 0.1) is 32.3 Å². The minimum absolute atomic E-state index is 0.101. The number of aliphatic hydroxyl groups excluding tert-OH is 1. The third kappa shape index (κ3) is 4.15. The highest BCUT2D eigenvalue weighted by atomic mass is 16.5. The maximum atomic E-state index is 12.0. The summed E-state index contributed by atoms with van der Waals surface area (Å²) in [7, 11) is 0. The normalized spacial score (nSPS) is 21.4. The Kier molecular flexibility index (Phi) is 5.87. The number of carboxylic acid groups (broad SMARTS) is 1. The second-order valence-electron chi connectivity index (χ2n) is 4.26. The van der Waals surface area contributed by atoms with Gasteiger partial charge in [-0.05, 0) is 6.42 Å². The first-order valence-corrected chi connectivity index (χ1v) is 6.06. The molecule has 2 amide bonds. The van der Waals surface area contributed by atoms with Crippen molar-refractivity contribution in [3.05, 3.63) is 0 Å². The number of nitrogens with one attached hydrogen (secondary N) is 1. The molecule has 0 aromatic carbocycles. The lowest BCUT2D eigenvalue weighted by Crippen LogP contribution is -2.55. The molecule has 0 spiro atoms. The molecule has 1 heterocycles. The average molecular weight is 260 g/mol. The summed E-state index contributed by atoms with van der Waals surface area (Å²) < 4.78 is 5.17. The molecule has 2 unspecified atom stereocenters. The number of carboxylic acids is 1. The average Bonchev–Trinajstić information content (AvgIpc) is 2.37. The number of aliphatic carboxylic acids is 1. The predicted octanol–water partition coefficient (Wildman–Crippen LogP) is -0.358. The summed E-state index contributed by atoms with van der Waals surface area (Å²) in [6.07, 6.45) is 0.447. The number of carbonyl (C=O) groups excluding carboxylic acids is 1. The molecule has 1 aliphatic heterocycles. The molecule has 0 radical (unpaired) electrons. The molecular formula is C11H20N2O5. The molecule has 0 aromatic rings. The van der Waals surface area contributed by atoms with Crippen molar-refractivity contribution in [2.24, 2.45) is 0 Å². The Balaban J connectivity index is 2.53. The van der Waals surface area contributed by atoms with Gasteiger partial charge in [-0.25, -0.2) is 4.79 Å². The van der Waals surface area contributed by atoms with Gasteiger partial charge < -0.3 is 25.2 Å². The van der Waals surface area contributed by atoms with Crippen LogP contribution in [0.2, 0.25) is 0 Å². The molecule has 1 fully saturated rings. The van der Waals surface area contributed by atoms with Crippen molar-refractivity contribution in [1.29, 1.82) is 0 Å². The largest absolute Gasteiger partial charge is 0.481 e. The minimum atomic E-state index is -0.942. The van der Waals surface area contributed by atoms with Gasteiger partial charge in [0.15, 0.2) is 0 Å². The van der Waals surface area contributed by atoms with Crippen molar-refractivity contribution in [3.63, 3.8) is 0 Å². The highest BCUT2D eigenvalue weighted by molar-refractivity contribution is 5.76. The van der Waals surface area contributed by atoms with Crippen LogP contribution in [0.3, 0.4) is 0 Å². The number of carbonyl (C=O) groups is 2. The fourth-order valence-corrected chi connectivity index (χ4v) is 1.84. The Labute approximate surface area is 106 Å². The molecule has 7 heteroatoms. The predicted molar refractivity (Wildman–Crippen MR) is 63.3 cm³/mol. The third-order valence-corrected chi connectivity index (χ3v) is 2.94. The van der Waals surface area contributed by atoms with E-state index in [0.29, 0.717) is 26.2 Å². The van der Waals surface area contributed by atoms with Gasteiger partial charge in [0.2, 0.25) is 0 Å². The fourth-order valence-electron chi connectivity index (χ4n) is 1.84. The summed E-state index contributed by atoms with van der Waals surface area (Å²) in [5.74, 6) is -0.942. The topological polar surface area (TPSA) is 99.1 Å². The van der Waals surface area contributed by atoms with Gasteiger partial charge in [-0.2, -0.15) is 0 Å². The number of amides is 2. The van der Waals surface area contributed by atoms with Crippen molar-refractivity contribution in [3.8, 4) is 0 Å². The van der Waals surface area contributed by atoms with Crippen LogP contribution in [0, 0.1) is 0 Å². The van der Waals surface area contributed by atoms with E-state index < -0.39 is 12.0 Å². The minimum Gasteiger partial charge on any atom is -0.481 e. The smallest absolute Gasteiger partial charge is 0.318 e. The summed E-state index contributed by atoms with van der Waals surface area (Å²) in [6, 6.07) is -1.09. The van der Waals surface area contributed by atoms with E-state index in [-0.39, 0.29) is 25.1 Å². The highest BCUT2D eigenvalue weighted by Crippen LogP contribution is 2.08. The molecule has 18 heavy (non-hydrogen) atoms. The van der Waals surface area contributed by atoms with Gasteiger partial charge in [0.25, 0.3) is 0 Å². The number of ether oxygens (including phenoxy) is 1. The number of aliphatic hydroxyl groups is 1. The van der Waals surface area contributed by atoms with E-state index in [0.717, 1.165) is 0 Å². The van der Waals surface area contributed by atoms with E-state index in [2.05, 4.69) is 5.32 Å². The first-order chi connectivity index (χ1) is 8.58. The summed E-state index contributed by atoms with van der Waals surface area (Å²) in [6.45, 7) is 2.79. The van der Waals surface area contributed by atoms with Crippen LogP contribution in [-0.2, 0) is 9.53 Å². The maximum absolute atomic E-state index is 12.0. The lowest BCUT2D eigenvalue weighted by molar-refractivity contribution is -0.137. The number of hydrogen-bond acceptors (Lipinski definition) is 4. The molecule has 1 saturated heterocycles. The van der Waals surface area contributed by atoms with Crippen molar-refractivity contribution in [1.82, 2.24) is 10.2 Å². The highest BCUT2D eigenvalue weighted by Gasteiger charge is 2.28. The molecule has 0 bridgehead atoms. The van der Waals surface area contributed by atoms with Crippen LogP contribution < -0.4 is 5.32 Å². The Morgan fingerprint density at radius 2 is 2.28 bits per heavy atom. The zero-order valence-corrected chi connectivity index (χ0v) is 10.5. The van der Waals surface area contributed by atoms with Crippen LogP contribution in [0.15, 0.2) is 0 Å². The Hall–Kier alpha value is -1.34. The van der Waals surface area contributed by atoms with E-state index in [9.17, 15) is 9.59 Å². The summed E-state index contributed by atoms with van der Waals surface area (Å²) in [4.78, 5) is 24.1. The number of nitrogens with zero attached hydrogens (tertiary/aromatic N) is 1. The Bertz CT molecular complexity index is 297. The van der Waals surface area contributed by atoms with Gasteiger partial charge >= 0.3 is 12.0 Å². The second-order valence-corrected chi connectivity index (χ2v) is 4.26. The molecule has 0 aliphatic carbocycles. The van der Waals surface area contributed by atoms with E-state index in [1.54, 1.807) is 0 Å². The first kappa shape index (κ1) is 14.7. The first-order valence-electron chi connectivity index (χ1n) is 6.06. The van der Waals surface area contributed by atoms with Crippen LogP contribution in [0.5, 0.6) is 0 Å². The standard InChI is InChI=1S/C11H20N2O5/c1-2-8(5-10(15)16)12-11(17)13-3-4-18-7-9(13)6-14/h8-9,14H,2-7H2,1H3,(H,12,17)(H,15,16). The maximum Gasteiger partial charge on any atom is 0.318 e. The van der Waals surface area contributed by atoms with E-state index in [1.807, 2.05) is 6.92 Å². The SMILES string of the molecule is CCC(CC(=O)O)NC(=O)N1CCOCC1CO. The number of rotatable bonds is 5.